The number of allylic oxidation sites excluding steroid dienone is 1. The lowest BCUT2D eigenvalue weighted by atomic mass is 9.40. The Bertz CT molecular complexity index is 935. The number of carbonyl (C=O) groups is 2. The molecule has 0 heterocycles. The van der Waals surface area contributed by atoms with Gasteiger partial charge in [0.15, 0.2) is 5.78 Å². The first-order valence-electron chi connectivity index (χ1n) is 12.1. The molecule has 1 aromatic carbocycles. The van der Waals surface area contributed by atoms with Crippen molar-refractivity contribution < 1.29 is 14.3 Å². The largest absolute Gasteiger partial charge is 0.460 e. The number of rotatable bonds is 3. The minimum absolute atomic E-state index is 0.0369. The third kappa shape index (κ3) is 2.77. The van der Waals surface area contributed by atoms with E-state index in [1.165, 1.54) is 0 Å². The molecule has 166 valence electrons. The standard InChI is InChI=1S/C28H36O3/c1-19-23(29)25(2)15-11-22-26(3)13-8-14-27(4,21(26)12-16-28(19,22)18-25)24(30)31-17-20-9-6-5-7-10-20/h5-7,9-10,21-22H,1,8,11-18H2,2-4H3/t21-,22-,25-,26+,27+,28+/m0/s1. The Kier molecular flexibility index (Phi) is 4.60. The number of carbonyl (C=O) groups excluding carboxylic acids is 2. The molecule has 0 N–H and O–H groups in total. The van der Waals surface area contributed by atoms with Crippen LogP contribution in [0.15, 0.2) is 42.5 Å². The Hall–Kier alpha value is -1.90. The van der Waals surface area contributed by atoms with Crippen molar-refractivity contribution >= 4 is 11.8 Å². The molecule has 0 aliphatic heterocycles. The molecular formula is C28H36O3. The fourth-order valence-electron chi connectivity index (χ4n) is 8.63. The SMILES string of the molecule is C=C1C(=O)[C@@]2(C)CC[C@@H]3[C@]1(CC[C@H]1[C@@]3(C)CCC[C@@]1(C)C(=O)OCc1ccccc1)C2. The third-order valence-corrected chi connectivity index (χ3v) is 10.1. The summed E-state index contributed by atoms with van der Waals surface area (Å²) in [4.78, 5) is 26.6. The van der Waals surface area contributed by atoms with E-state index in [1.54, 1.807) is 0 Å². The van der Waals surface area contributed by atoms with Crippen molar-refractivity contribution in [2.75, 3.05) is 0 Å². The summed E-state index contributed by atoms with van der Waals surface area (Å²) in [5.74, 6) is 1.04. The lowest BCUT2D eigenvalue weighted by molar-refractivity contribution is -0.185. The second-order valence-corrected chi connectivity index (χ2v) is 11.7. The molecular weight excluding hydrogens is 384 g/mol. The summed E-state index contributed by atoms with van der Waals surface area (Å²) < 4.78 is 5.90. The second kappa shape index (κ2) is 6.80. The van der Waals surface area contributed by atoms with Gasteiger partial charge in [-0.3, -0.25) is 9.59 Å². The van der Waals surface area contributed by atoms with Gasteiger partial charge >= 0.3 is 5.97 Å². The van der Waals surface area contributed by atoms with Gasteiger partial charge in [-0.2, -0.15) is 0 Å². The summed E-state index contributed by atoms with van der Waals surface area (Å²) in [6.07, 6.45) is 8.11. The molecule has 0 unspecified atom stereocenters. The fourth-order valence-corrected chi connectivity index (χ4v) is 8.63. The quantitative estimate of drug-likeness (QED) is 0.428. The Balaban J connectivity index is 1.43. The summed E-state index contributed by atoms with van der Waals surface area (Å²) in [5.41, 5.74) is 1.30. The molecule has 5 rings (SSSR count). The van der Waals surface area contributed by atoms with E-state index in [-0.39, 0.29) is 22.2 Å². The number of ketones is 1. The molecule has 0 saturated heterocycles. The zero-order valence-electron chi connectivity index (χ0n) is 19.3. The van der Waals surface area contributed by atoms with Gasteiger partial charge in [0, 0.05) is 10.8 Å². The number of esters is 1. The van der Waals surface area contributed by atoms with Crippen molar-refractivity contribution in [3.63, 3.8) is 0 Å². The maximum Gasteiger partial charge on any atom is 0.312 e. The molecule has 4 saturated carbocycles. The molecule has 2 bridgehead atoms. The zero-order chi connectivity index (χ0) is 22.1. The van der Waals surface area contributed by atoms with Gasteiger partial charge in [0.1, 0.15) is 6.61 Å². The third-order valence-electron chi connectivity index (χ3n) is 10.1. The average molecular weight is 421 g/mol. The predicted molar refractivity (Wildman–Crippen MR) is 121 cm³/mol. The molecule has 1 spiro atoms. The number of hydrogen-bond acceptors (Lipinski definition) is 3. The maximum absolute atomic E-state index is 13.5. The van der Waals surface area contributed by atoms with E-state index in [2.05, 4.69) is 27.4 Å². The zero-order valence-corrected chi connectivity index (χ0v) is 19.3. The number of Topliss-reactive ketones (excluding diaryl/α,β-unsaturated/α-hetero) is 1. The van der Waals surface area contributed by atoms with Crippen molar-refractivity contribution in [1.29, 1.82) is 0 Å². The maximum atomic E-state index is 13.5. The molecule has 31 heavy (non-hydrogen) atoms. The number of fused-ring (bicyclic) bond motifs is 3. The smallest absolute Gasteiger partial charge is 0.312 e. The van der Waals surface area contributed by atoms with Crippen molar-refractivity contribution in [2.24, 2.45) is 33.5 Å². The first-order valence-corrected chi connectivity index (χ1v) is 12.1. The lowest BCUT2D eigenvalue weighted by Gasteiger charge is -2.63. The topological polar surface area (TPSA) is 43.4 Å². The van der Waals surface area contributed by atoms with Gasteiger partial charge in [-0.15, -0.1) is 0 Å². The fraction of sp³-hybridized carbons (Fsp3) is 0.643. The summed E-state index contributed by atoms with van der Waals surface area (Å²) in [6.45, 7) is 11.4. The summed E-state index contributed by atoms with van der Waals surface area (Å²) in [5, 5.41) is 0. The Morgan fingerprint density at radius 1 is 1.03 bits per heavy atom. The van der Waals surface area contributed by atoms with E-state index in [0.717, 1.165) is 62.5 Å². The minimum atomic E-state index is -0.450. The number of hydrogen-bond donors (Lipinski definition) is 0. The molecule has 0 radical (unpaired) electrons. The Labute approximate surface area is 186 Å². The van der Waals surface area contributed by atoms with Crippen LogP contribution in [0.5, 0.6) is 0 Å². The highest BCUT2D eigenvalue weighted by Gasteiger charge is 2.69. The van der Waals surface area contributed by atoms with Crippen LogP contribution in [0.4, 0.5) is 0 Å². The molecule has 4 aliphatic carbocycles. The Morgan fingerprint density at radius 3 is 2.48 bits per heavy atom. The highest BCUT2D eigenvalue weighted by Crippen LogP contribution is 2.74. The van der Waals surface area contributed by atoms with E-state index in [9.17, 15) is 9.59 Å². The molecule has 4 fully saturated rings. The van der Waals surface area contributed by atoms with Gasteiger partial charge in [0.25, 0.3) is 0 Å². The molecule has 3 nitrogen and oxygen atoms in total. The van der Waals surface area contributed by atoms with Gasteiger partial charge < -0.3 is 4.74 Å². The van der Waals surface area contributed by atoms with E-state index < -0.39 is 5.41 Å². The van der Waals surface area contributed by atoms with Crippen molar-refractivity contribution in [2.45, 2.75) is 78.7 Å². The van der Waals surface area contributed by atoms with E-state index in [0.29, 0.717) is 24.2 Å². The normalized spacial score (nSPS) is 43.8. The molecule has 4 aliphatic rings. The van der Waals surface area contributed by atoms with Crippen LogP contribution in [0.1, 0.15) is 77.7 Å². The monoisotopic (exact) mass is 420 g/mol. The summed E-state index contributed by atoms with van der Waals surface area (Å²) in [6, 6.07) is 9.96. The lowest BCUT2D eigenvalue weighted by Crippen LogP contribution is -2.59. The predicted octanol–water partition coefficient (Wildman–Crippen LogP) is 6.27. The van der Waals surface area contributed by atoms with Crippen LogP contribution in [-0.4, -0.2) is 11.8 Å². The summed E-state index contributed by atoms with van der Waals surface area (Å²) in [7, 11) is 0. The van der Waals surface area contributed by atoms with E-state index in [1.807, 2.05) is 30.3 Å². The summed E-state index contributed by atoms with van der Waals surface area (Å²) >= 11 is 0. The van der Waals surface area contributed by atoms with Crippen molar-refractivity contribution in [3.05, 3.63) is 48.0 Å². The minimum Gasteiger partial charge on any atom is -0.460 e. The van der Waals surface area contributed by atoms with Gasteiger partial charge in [-0.05, 0) is 80.3 Å². The van der Waals surface area contributed by atoms with Crippen LogP contribution >= 0.6 is 0 Å². The van der Waals surface area contributed by atoms with Gasteiger partial charge in [0.2, 0.25) is 0 Å². The van der Waals surface area contributed by atoms with Crippen LogP contribution in [0.25, 0.3) is 0 Å². The van der Waals surface area contributed by atoms with Gasteiger partial charge in [-0.1, -0.05) is 57.2 Å². The van der Waals surface area contributed by atoms with Crippen LogP contribution in [0.3, 0.4) is 0 Å². The van der Waals surface area contributed by atoms with Crippen LogP contribution in [0.2, 0.25) is 0 Å². The molecule has 0 aromatic heterocycles. The molecule has 1 aromatic rings. The number of benzene rings is 1. The first-order chi connectivity index (χ1) is 14.7. The number of ether oxygens (including phenoxy) is 1. The average Bonchev–Trinajstić information content (AvgIpc) is 2.89. The molecule has 3 heteroatoms. The van der Waals surface area contributed by atoms with E-state index >= 15 is 0 Å². The van der Waals surface area contributed by atoms with Gasteiger partial charge in [0.05, 0.1) is 5.41 Å². The highest BCUT2D eigenvalue weighted by molar-refractivity contribution is 6.03. The highest BCUT2D eigenvalue weighted by atomic mass is 16.5. The van der Waals surface area contributed by atoms with Crippen molar-refractivity contribution in [3.8, 4) is 0 Å². The van der Waals surface area contributed by atoms with E-state index in [4.69, 9.17) is 4.74 Å². The van der Waals surface area contributed by atoms with Crippen molar-refractivity contribution in [1.82, 2.24) is 0 Å². The molecule has 6 atom stereocenters. The first kappa shape index (κ1) is 21.0. The van der Waals surface area contributed by atoms with Crippen LogP contribution < -0.4 is 0 Å². The second-order valence-electron chi connectivity index (χ2n) is 11.7. The molecule has 0 amide bonds. The van der Waals surface area contributed by atoms with Gasteiger partial charge in [-0.25, -0.2) is 0 Å². The van der Waals surface area contributed by atoms with Crippen LogP contribution in [-0.2, 0) is 20.9 Å². The Morgan fingerprint density at radius 2 is 1.74 bits per heavy atom. The van der Waals surface area contributed by atoms with Crippen LogP contribution in [0, 0.1) is 33.5 Å².